The third-order valence-electron chi connectivity index (χ3n) is 3.29. The highest BCUT2D eigenvalue weighted by Crippen LogP contribution is 2.19. The SMILES string of the molecule is CCN(CC)CCCNCc1cccc([N+](=O)[O-])c1F. The highest BCUT2D eigenvalue weighted by molar-refractivity contribution is 5.36. The molecular weight excluding hydrogens is 261 g/mol. The number of nitrogens with zero attached hydrogens (tertiary/aromatic N) is 2. The topological polar surface area (TPSA) is 58.4 Å². The van der Waals surface area contributed by atoms with Crippen LogP contribution in [0.4, 0.5) is 10.1 Å². The molecule has 0 radical (unpaired) electrons. The van der Waals surface area contributed by atoms with Crippen molar-refractivity contribution in [2.75, 3.05) is 26.2 Å². The maximum absolute atomic E-state index is 13.8. The van der Waals surface area contributed by atoms with Crippen molar-refractivity contribution in [3.63, 3.8) is 0 Å². The highest BCUT2D eigenvalue weighted by atomic mass is 19.1. The van der Waals surface area contributed by atoms with E-state index in [0.29, 0.717) is 12.1 Å². The molecule has 1 N–H and O–H groups in total. The molecule has 112 valence electrons. The van der Waals surface area contributed by atoms with Gasteiger partial charge in [-0.3, -0.25) is 10.1 Å². The summed E-state index contributed by atoms with van der Waals surface area (Å²) in [6.45, 7) is 8.36. The molecule has 20 heavy (non-hydrogen) atoms. The summed E-state index contributed by atoms with van der Waals surface area (Å²) < 4.78 is 13.8. The standard InChI is InChI=1S/C14H22FN3O2/c1-3-17(4-2)10-6-9-16-11-12-7-5-8-13(14(12)15)18(19)20/h5,7-8,16H,3-4,6,9-11H2,1-2H3. The third-order valence-corrected chi connectivity index (χ3v) is 3.29. The Labute approximate surface area is 118 Å². The Morgan fingerprint density at radius 3 is 2.65 bits per heavy atom. The van der Waals surface area contributed by atoms with E-state index in [1.54, 1.807) is 6.07 Å². The van der Waals surface area contributed by atoms with Gasteiger partial charge in [0.25, 0.3) is 0 Å². The fourth-order valence-electron chi connectivity index (χ4n) is 2.03. The zero-order chi connectivity index (χ0) is 15.0. The molecule has 1 aromatic rings. The fraction of sp³-hybridized carbons (Fsp3) is 0.571. The van der Waals surface area contributed by atoms with Crippen LogP contribution in [0.3, 0.4) is 0 Å². The predicted octanol–water partition coefficient (Wildman–Crippen LogP) is 2.56. The number of hydrogen-bond donors (Lipinski definition) is 1. The smallest absolute Gasteiger partial charge is 0.305 e. The molecule has 0 aliphatic rings. The predicted molar refractivity (Wildman–Crippen MR) is 77.2 cm³/mol. The lowest BCUT2D eigenvalue weighted by atomic mass is 10.2. The van der Waals surface area contributed by atoms with E-state index in [1.807, 2.05) is 0 Å². The molecule has 0 saturated heterocycles. The molecule has 0 saturated carbocycles. The van der Waals surface area contributed by atoms with E-state index in [-0.39, 0.29) is 0 Å². The molecule has 0 atom stereocenters. The van der Waals surface area contributed by atoms with Crippen LogP contribution in [0.2, 0.25) is 0 Å². The molecule has 0 aliphatic heterocycles. The average Bonchev–Trinajstić information content (AvgIpc) is 2.44. The summed E-state index contributed by atoms with van der Waals surface area (Å²) in [6, 6.07) is 4.26. The second-order valence-electron chi connectivity index (χ2n) is 4.56. The molecule has 0 aliphatic carbocycles. The quantitative estimate of drug-likeness (QED) is 0.430. The van der Waals surface area contributed by atoms with Gasteiger partial charge in [-0.15, -0.1) is 0 Å². The molecule has 0 amide bonds. The Balaban J connectivity index is 2.39. The molecular formula is C14H22FN3O2. The molecule has 0 fully saturated rings. The molecule has 6 heteroatoms. The second kappa shape index (κ2) is 8.60. The van der Waals surface area contributed by atoms with Gasteiger partial charge < -0.3 is 10.2 Å². The highest BCUT2D eigenvalue weighted by Gasteiger charge is 2.16. The van der Waals surface area contributed by atoms with Crippen molar-refractivity contribution in [1.29, 1.82) is 0 Å². The van der Waals surface area contributed by atoms with Gasteiger partial charge in [-0.25, -0.2) is 0 Å². The summed E-state index contributed by atoms with van der Waals surface area (Å²) in [6.07, 6.45) is 0.970. The van der Waals surface area contributed by atoms with Crippen LogP contribution < -0.4 is 5.32 Å². The molecule has 0 spiro atoms. The molecule has 0 aromatic heterocycles. The Morgan fingerprint density at radius 2 is 2.05 bits per heavy atom. The Bertz CT molecular complexity index is 436. The number of hydrogen-bond acceptors (Lipinski definition) is 4. The van der Waals surface area contributed by atoms with Crippen molar-refractivity contribution < 1.29 is 9.31 Å². The summed E-state index contributed by atoms with van der Waals surface area (Å²) in [5, 5.41) is 13.8. The van der Waals surface area contributed by atoms with Crippen LogP contribution in [0, 0.1) is 15.9 Å². The van der Waals surface area contributed by atoms with Gasteiger partial charge in [0.1, 0.15) is 0 Å². The number of nitrogens with one attached hydrogen (secondary N) is 1. The minimum absolute atomic E-state index is 0.311. The number of benzene rings is 1. The summed E-state index contributed by atoms with van der Waals surface area (Å²) in [5.41, 5.74) is -0.130. The van der Waals surface area contributed by atoms with Gasteiger partial charge in [-0.2, -0.15) is 4.39 Å². The van der Waals surface area contributed by atoms with E-state index in [0.717, 1.165) is 32.6 Å². The normalized spacial score (nSPS) is 11.0. The van der Waals surface area contributed by atoms with E-state index >= 15 is 0 Å². The van der Waals surface area contributed by atoms with Gasteiger partial charge >= 0.3 is 5.69 Å². The first kappa shape index (κ1) is 16.5. The van der Waals surface area contributed by atoms with Crippen LogP contribution >= 0.6 is 0 Å². The van der Waals surface area contributed by atoms with Crippen molar-refractivity contribution in [2.24, 2.45) is 0 Å². The van der Waals surface area contributed by atoms with Crippen LogP contribution in [0.5, 0.6) is 0 Å². The minimum atomic E-state index is -0.742. The molecule has 1 rings (SSSR count). The minimum Gasteiger partial charge on any atom is -0.313 e. The second-order valence-corrected chi connectivity index (χ2v) is 4.56. The van der Waals surface area contributed by atoms with E-state index in [1.165, 1.54) is 12.1 Å². The average molecular weight is 283 g/mol. The summed E-state index contributed by atoms with van der Waals surface area (Å²) >= 11 is 0. The van der Waals surface area contributed by atoms with Crippen molar-refractivity contribution in [3.05, 3.63) is 39.7 Å². The van der Waals surface area contributed by atoms with E-state index in [4.69, 9.17) is 0 Å². The van der Waals surface area contributed by atoms with Crippen molar-refractivity contribution in [1.82, 2.24) is 10.2 Å². The monoisotopic (exact) mass is 283 g/mol. The number of halogens is 1. The molecule has 5 nitrogen and oxygen atoms in total. The van der Waals surface area contributed by atoms with E-state index < -0.39 is 16.4 Å². The number of nitro groups is 1. The van der Waals surface area contributed by atoms with Crippen molar-refractivity contribution >= 4 is 5.69 Å². The Kier molecular flexibility index (Phi) is 7.11. The van der Waals surface area contributed by atoms with Gasteiger partial charge in [-0.05, 0) is 32.6 Å². The van der Waals surface area contributed by atoms with Gasteiger partial charge in [-0.1, -0.05) is 26.0 Å². The van der Waals surface area contributed by atoms with Crippen molar-refractivity contribution in [2.45, 2.75) is 26.8 Å². The lowest BCUT2D eigenvalue weighted by Gasteiger charge is -2.17. The first-order valence-corrected chi connectivity index (χ1v) is 6.95. The fourth-order valence-corrected chi connectivity index (χ4v) is 2.03. The zero-order valence-electron chi connectivity index (χ0n) is 12.1. The number of rotatable bonds is 9. The van der Waals surface area contributed by atoms with Crippen LogP contribution in [0.25, 0.3) is 0 Å². The first-order valence-electron chi connectivity index (χ1n) is 6.95. The molecule has 0 heterocycles. The maximum atomic E-state index is 13.8. The zero-order valence-corrected chi connectivity index (χ0v) is 12.1. The van der Waals surface area contributed by atoms with Gasteiger partial charge in [0.15, 0.2) is 0 Å². The summed E-state index contributed by atoms with van der Waals surface area (Å²) in [5.74, 6) is -0.742. The molecule has 0 bridgehead atoms. The third kappa shape index (κ3) is 4.86. The Hall–Kier alpha value is -1.53. The largest absolute Gasteiger partial charge is 0.313 e. The van der Waals surface area contributed by atoms with Crippen molar-refractivity contribution in [3.8, 4) is 0 Å². The molecule has 1 aromatic carbocycles. The van der Waals surface area contributed by atoms with Gasteiger partial charge in [0, 0.05) is 18.2 Å². The summed E-state index contributed by atoms with van der Waals surface area (Å²) in [4.78, 5) is 12.3. The first-order chi connectivity index (χ1) is 9.60. The van der Waals surface area contributed by atoms with E-state index in [9.17, 15) is 14.5 Å². The summed E-state index contributed by atoms with van der Waals surface area (Å²) in [7, 11) is 0. The van der Waals surface area contributed by atoms with Crippen LogP contribution in [-0.2, 0) is 6.54 Å². The lowest BCUT2D eigenvalue weighted by molar-refractivity contribution is -0.387. The van der Waals surface area contributed by atoms with Crippen LogP contribution in [-0.4, -0.2) is 36.0 Å². The molecule has 0 unspecified atom stereocenters. The van der Waals surface area contributed by atoms with Gasteiger partial charge in [0.05, 0.1) is 4.92 Å². The van der Waals surface area contributed by atoms with Gasteiger partial charge in [0.2, 0.25) is 5.82 Å². The lowest BCUT2D eigenvalue weighted by Crippen LogP contribution is -2.27. The van der Waals surface area contributed by atoms with E-state index in [2.05, 4.69) is 24.1 Å². The van der Waals surface area contributed by atoms with Crippen LogP contribution in [0.15, 0.2) is 18.2 Å². The maximum Gasteiger partial charge on any atom is 0.305 e. The Morgan fingerprint density at radius 1 is 1.35 bits per heavy atom. The van der Waals surface area contributed by atoms with Crippen LogP contribution in [0.1, 0.15) is 25.8 Å². The number of nitro benzene ring substituents is 1.